The second kappa shape index (κ2) is 8.33. The summed E-state index contributed by atoms with van der Waals surface area (Å²) in [4.78, 5) is 2.60. The summed E-state index contributed by atoms with van der Waals surface area (Å²) in [6.07, 6.45) is 9.25. The number of nitrogens with zero attached hydrogens (tertiary/aromatic N) is 1. The van der Waals surface area contributed by atoms with Crippen LogP contribution in [0.2, 0.25) is 0 Å². The third-order valence-corrected chi connectivity index (χ3v) is 5.04. The SMILES string of the molecule is C=CCCCC(=C)CN1CCCC(C)(c2ccccc2)CC1. The van der Waals surface area contributed by atoms with Gasteiger partial charge in [-0.25, -0.2) is 0 Å². The molecule has 1 aromatic rings. The van der Waals surface area contributed by atoms with E-state index in [9.17, 15) is 0 Å². The fraction of sp³-hybridized carbons (Fsp3) is 0.524. The number of hydrogen-bond donors (Lipinski definition) is 0. The Morgan fingerprint density at radius 2 is 2.00 bits per heavy atom. The Labute approximate surface area is 136 Å². The van der Waals surface area contributed by atoms with Crippen molar-refractivity contribution in [2.45, 2.75) is 50.9 Å². The number of benzene rings is 1. The molecular formula is C21H31N. The Bertz CT molecular complexity index is 476. The quantitative estimate of drug-likeness (QED) is 0.485. The van der Waals surface area contributed by atoms with Crippen molar-refractivity contribution in [1.29, 1.82) is 0 Å². The average Bonchev–Trinajstić information content (AvgIpc) is 2.72. The van der Waals surface area contributed by atoms with Gasteiger partial charge in [0.15, 0.2) is 0 Å². The third kappa shape index (κ3) is 4.84. The Morgan fingerprint density at radius 3 is 2.73 bits per heavy atom. The van der Waals surface area contributed by atoms with Gasteiger partial charge in [0, 0.05) is 6.54 Å². The normalized spacial score (nSPS) is 23.0. The molecule has 1 heterocycles. The lowest BCUT2D eigenvalue weighted by atomic mass is 9.76. The van der Waals surface area contributed by atoms with Crippen molar-refractivity contribution in [3.63, 3.8) is 0 Å². The summed E-state index contributed by atoms with van der Waals surface area (Å²) < 4.78 is 0. The van der Waals surface area contributed by atoms with Gasteiger partial charge in [-0.2, -0.15) is 0 Å². The number of likely N-dealkylation sites (tertiary alicyclic amines) is 1. The molecule has 1 saturated heterocycles. The Balaban J connectivity index is 1.87. The fourth-order valence-corrected chi connectivity index (χ4v) is 3.51. The van der Waals surface area contributed by atoms with Crippen LogP contribution in [0, 0.1) is 0 Å². The molecule has 1 nitrogen and oxygen atoms in total. The predicted molar refractivity (Wildman–Crippen MR) is 97.3 cm³/mol. The van der Waals surface area contributed by atoms with Gasteiger partial charge in [-0.05, 0) is 62.6 Å². The first kappa shape index (κ1) is 17.0. The first-order valence-electron chi connectivity index (χ1n) is 8.69. The Hall–Kier alpha value is -1.34. The summed E-state index contributed by atoms with van der Waals surface area (Å²) in [5.41, 5.74) is 3.21. The molecule has 1 atom stereocenters. The van der Waals surface area contributed by atoms with E-state index in [1.807, 2.05) is 6.08 Å². The molecule has 0 aromatic heterocycles. The van der Waals surface area contributed by atoms with Crippen molar-refractivity contribution in [2.75, 3.05) is 19.6 Å². The van der Waals surface area contributed by atoms with Crippen LogP contribution in [-0.2, 0) is 5.41 Å². The van der Waals surface area contributed by atoms with E-state index < -0.39 is 0 Å². The highest BCUT2D eigenvalue weighted by Crippen LogP contribution is 2.35. The van der Waals surface area contributed by atoms with E-state index in [1.165, 1.54) is 49.9 Å². The highest BCUT2D eigenvalue weighted by Gasteiger charge is 2.29. The molecule has 22 heavy (non-hydrogen) atoms. The van der Waals surface area contributed by atoms with Gasteiger partial charge < -0.3 is 0 Å². The average molecular weight is 297 g/mol. The molecule has 1 aliphatic heterocycles. The minimum absolute atomic E-state index is 0.334. The van der Waals surface area contributed by atoms with Crippen LogP contribution >= 0.6 is 0 Å². The lowest BCUT2D eigenvalue weighted by Gasteiger charge is -2.29. The molecule has 1 heteroatoms. The number of unbranched alkanes of at least 4 members (excludes halogenated alkanes) is 1. The van der Waals surface area contributed by atoms with Crippen LogP contribution < -0.4 is 0 Å². The second-order valence-corrected chi connectivity index (χ2v) is 6.99. The topological polar surface area (TPSA) is 3.24 Å². The van der Waals surface area contributed by atoms with Crippen molar-refractivity contribution < 1.29 is 0 Å². The Kier molecular flexibility index (Phi) is 6.45. The summed E-state index contributed by atoms with van der Waals surface area (Å²) in [6, 6.07) is 11.0. The summed E-state index contributed by atoms with van der Waals surface area (Å²) in [5, 5.41) is 0. The van der Waals surface area contributed by atoms with Crippen molar-refractivity contribution in [3.05, 3.63) is 60.7 Å². The molecule has 1 unspecified atom stereocenters. The van der Waals surface area contributed by atoms with E-state index in [1.54, 1.807) is 0 Å². The summed E-state index contributed by atoms with van der Waals surface area (Å²) >= 11 is 0. The van der Waals surface area contributed by atoms with E-state index in [0.717, 1.165) is 19.4 Å². The zero-order valence-electron chi connectivity index (χ0n) is 14.2. The van der Waals surface area contributed by atoms with Gasteiger partial charge in [0.1, 0.15) is 0 Å². The smallest absolute Gasteiger partial charge is 0.0190 e. The largest absolute Gasteiger partial charge is 0.299 e. The molecule has 1 aromatic carbocycles. The molecular weight excluding hydrogens is 266 g/mol. The van der Waals surface area contributed by atoms with Crippen LogP contribution in [0.5, 0.6) is 0 Å². The lowest BCUT2D eigenvalue weighted by molar-refractivity contribution is 0.297. The van der Waals surface area contributed by atoms with Gasteiger partial charge in [-0.1, -0.05) is 55.5 Å². The minimum atomic E-state index is 0.334. The summed E-state index contributed by atoms with van der Waals surface area (Å²) in [5.74, 6) is 0. The van der Waals surface area contributed by atoms with Gasteiger partial charge in [0.2, 0.25) is 0 Å². The third-order valence-electron chi connectivity index (χ3n) is 5.04. The predicted octanol–water partition coefficient (Wildman–Crippen LogP) is 5.34. The number of rotatable bonds is 7. The van der Waals surface area contributed by atoms with Gasteiger partial charge in [0.25, 0.3) is 0 Å². The zero-order valence-corrected chi connectivity index (χ0v) is 14.2. The van der Waals surface area contributed by atoms with E-state index >= 15 is 0 Å². The fourth-order valence-electron chi connectivity index (χ4n) is 3.51. The lowest BCUT2D eigenvalue weighted by Crippen LogP contribution is -2.29. The van der Waals surface area contributed by atoms with Crippen LogP contribution in [0.15, 0.2) is 55.1 Å². The van der Waals surface area contributed by atoms with Crippen LogP contribution in [0.3, 0.4) is 0 Å². The van der Waals surface area contributed by atoms with Crippen LogP contribution in [0.25, 0.3) is 0 Å². The van der Waals surface area contributed by atoms with Crippen LogP contribution in [-0.4, -0.2) is 24.5 Å². The molecule has 0 aliphatic carbocycles. The van der Waals surface area contributed by atoms with Crippen LogP contribution in [0.4, 0.5) is 0 Å². The van der Waals surface area contributed by atoms with Crippen molar-refractivity contribution in [1.82, 2.24) is 4.90 Å². The molecule has 0 spiro atoms. The zero-order chi connectivity index (χ0) is 15.8. The van der Waals surface area contributed by atoms with Gasteiger partial charge in [-0.3, -0.25) is 4.90 Å². The molecule has 120 valence electrons. The maximum atomic E-state index is 4.27. The number of allylic oxidation sites excluding steroid dienone is 1. The molecule has 0 N–H and O–H groups in total. The number of hydrogen-bond acceptors (Lipinski definition) is 1. The van der Waals surface area contributed by atoms with Gasteiger partial charge in [0.05, 0.1) is 0 Å². The summed E-state index contributed by atoms with van der Waals surface area (Å²) in [6.45, 7) is 14.0. The van der Waals surface area contributed by atoms with Crippen LogP contribution in [0.1, 0.15) is 51.0 Å². The maximum absolute atomic E-state index is 4.27. The first-order chi connectivity index (χ1) is 10.6. The molecule has 0 radical (unpaired) electrons. The summed E-state index contributed by atoms with van der Waals surface area (Å²) in [7, 11) is 0. The minimum Gasteiger partial charge on any atom is -0.299 e. The van der Waals surface area contributed by atoms with Crippen molar-refractivity contribution >= 4 is 0 Å². The van der Waals surface area contributed by atoms with E-state index in [4.69, 9.17) is 0 Å². The van der Waals surface area contributed by atoms with Crippen molar-refractivity contribution in [2.24, 2.45) is 0 Å². The van der Waals surface area contributed by atoms with E-state index in [2.05, 4.69) is 55.3 Å². The molecule has 0 saturated carbocycles. The van der Waals surface area contributed by atoms with Gasteiger partial charge >= 0.3 is 0 Å². The maximum Gasteiger partial charge on any atom is 0.0190 e. The molecule has 1 fully saturated rings. The highest BCUT2D eigenvalue weighted by atomic mass is 15.1. The first-order valence-corrected chi connectivity index (χ1v) is 8.69. The second-order valence-electron chi connectivity index (χ2n) is 6.99. The van der Waals surface area contributed by atoms with E-state index in [-0.39, 0.29) is 0 Å². The highest BCUT2D eigenvalue weighted by molar-refractivity contribution is 5.24. The standard InChI is InChI=1S/C21H31N/c1-4-5-7-11-19(2)18-22-16-10-14-21(3,15-17-22)20-12-8-6-9-13-20/h4,6,8-9,12-13H,1-2,5,7,10-11,14-18H2,3H3. The Morgan fingerprint density at radius 1 is 1.23 bits per heavy atom. The van der Waals surface area contributed by atoms with Gasteiger partial charge in [-0.15, -0.1) is 6.58 Å². The van der Waals surface area contributed by atoms with E-state index in [0.29, 0.717) is 5.41 Å². The van der Waals surface area contributed by atoms with Crippen molar-refractivity contribution in [3.8, 4) is 0 Å². The molecule has 1 aliphatic rings. The molecule has 2 rings (SSSR count). The molecule has 0 amide bonds. The monoisotopic (exact) mass is 297 g/mol. The molecule has 0 bridgehead atoms.